The Kier molecular flexibility index (Phi) is 7.03. The predicted molar refractivity (Wildman–Crippen MR) is 74.6 cm³/mol. The smallest absolute Gasteiger partial charge is 0.244 e. The summed E-state index contributed by atoms with van der Waals surface area (Å²) in [5.41, 5.74) is 6.09. The van der Waals surface area contributed by atoms with Gasteiger partial charge in [0.2, 0.25) is 10.0 Å². The number of nitrogens with zero attached hydrogens (tertiary/aromatic N) is 2. The van der Waals surface area contributed by atoms with Crippen molar-refractivity contribution in [3.05, 3.63) is 24.0 Å². The van der Waals surface area contributed by atoms with Crippen LogP contribution in [0.5, 0.6) is 0 Å². The minimum Gasteiger partial charge on any atom is -0.383 e. The summed E-state index contributed by atoms with van der Waals surface area (Å²) in [5, 5.41) is 0. The predicted octanol–water partition coefficient (Wildman–Crippen LogP) is -0.176. The van der Waals surface area contributed by atoms with E-state index >= 15 is 0 Å². The Balaban J connectivity index is 2.94. The SMILES string of the molecule is COCCN(CCOC)S(=O)(=O)c1ccc(CN)nc1. The van der Waals surface area contributed by atoms with Gasteiger partial charge in [0.15, 0.2) is 0 Å². The van der Waals surface area contributed by atoms with Crippen LogP contribution in [0.25, 0.3) is 0 Å². The highest BCUT2D eigenvalue weighted by Crippen LogP contribution is 2.14. The maximum absolute atomic E-state index is 12.5. The third-order valence-electron chi connectivity index (χ3n) is 2.73. The van der Waals surface area contributed by atoms with Gasteiger partial charge in [-0.2, -0.15) is 4.31 Å². The Hall–Kier alpha value is -1.06. The molecule has 0 aliphatic rings. The molecular weight excluding hydrogens is 282 g/mol. The van der Waals surface area contributed by atoms with E-state index < -0.39 is 10.0 Å². The lowest BCUT2D eigenvalue weighted by Gasteiger charge is -2.21. The quantitative estimate of drug-likeness (QED) is 0.680. The molecule has 0 spiro atoms. The van der Waals surface area contributed by atoms with Crippen LogP contribution >= 0.6 is 0 Å². The van der Waals surface area contributed by atoms with Crippen LogP contribution in [0.2, 0.25) is 0 Å². The molecule has 114 valence electrons. The van der Waals surface area contributed by atoms with Crippen molar-refractivity contribution in [1.29, 1.82) is 0 Å². The van der Waals surface area contributed by atoms with E-state index in [1.54, 1.807) is 6.07 Å². The summed E-state index contributed by atoms with van der Waals surface area (Å²) in [7, 11) is -0.548. The summed E-state index contributed by atoms with van der Waals surface area (Å²) < 4.78 is 36.2. The van der Waals surface area contributed by atoms with Crippen LogP contribution in [-0.4, -0.2) is 58.2 Å². The van der Waals surface area contributed by atoms with Gasteiger partial charge in [0, 0.05) is 40.1 Å². The van der Waals surface area contributed by atoms with E-state index in [-0.39, 0.29) is 24.5 Å². The number of hydrogen-bond acceptors (Lipinski definition) is 6. The fourth-order valence-electron chi connectivity index (χ4n) is 1.57. The first kappa shape index (κ1) is 17.0. The van der Waals surface area contributed by atoms with Crippen LogP contribution < -0.4 is 5.73 Å². The lowest BCUT2D eigenvalue weighted by molar-refractivity contribution is 0.150. The van der Waals surface area contributed by atoms with Crippen LogP contribution in [0.3, 0.4) is 0 Å². The van der Waals surface area contributed by atoms with Gasteiger partial charge in [0.25, 0.3) is 0 Å². The highest BCUT2D eigenvalue weighted by atomic mass is 32.2. The molecule has 0 saturated carbocycles. The van der Waals surface area contributed by atoms with E-state index in [2.05, 4.69) is 4.98 Å². The molecule has 0 unspecified atom stereocenters. The number of aromatic nitrogens is 1. The van der Waals surface area contributed by atoms with E-state index in [4.69, 9.17) is 15.2 Å². The molecule has 0 bridgehead atoms. The van der Waals surface area contributed by atoms with Crippen LogP contribution in [-0.2, 0) is 26.0 Å². The first-order valence-electron chi connectivity index (χ1n) is 6.19. The molecule has 0 amide bonds. The number of sulfonamides is 1. The fraction of sp³-hybridized carbons (Fsp3) is 0.583. The maximum Gasteiger partial charge on any atom is 0.244 e. The van der Waals surface area contributed by atoms with Gasteiger partial charge < -0.3 is 15.2 Å². The average Bonchev–Trinajstić information content (AvgIpc) is 2.47. The second-order valence-corrected chi connectivity index (χ2v) is 6.02. The second kappa shape index (κ2) is 8.28. The Morgan fingerprint density at radius 1 is 1.20 bits per heavy atom. The molecule has 0 aromatic carbocycles. The zero-order valence-electron chi connectivity index (χ0n) is 11.8. The molecule has 7 nitrogen and oxygen atoms in total. The van der Waals surface area contributed by atoms with E-state index in [1.165, 1.54) is 30.8 Å². The monoisotopic (exact) mass is 303 g/mol. The minimum atomic E-state index is -3.60. The Bertz CT molecular complexity index is 482. The summed E-state index contributed by atoms with van der Waals surface area (Å²) in [6.45, 7) is 1.44. The van der Waals surface area contributed by atoms with Gasteiger partial charge in [-0.05, 0) is 12.1 Å². The topological polar surface area (TPSA) is 94.8 Å². The van der Waals surface area contributed by atoms with Crippen molar-refractivity contribution in [3.63, 3.8) is 0 Å². The van der Waals surface area contributed by atoms with Gasteiger partial charge in [-0.1, -0.05) is 0 Å². The van der Waals surface area contributed by atoms with Crippen molar-refractivity contribution in [3.8, 4) is 0 Å². The van der Waals surface area contributed by atoms with Crippen molar-refractivity contribution in [2.24, 2.45) is 5.73 Å². The van der Waals surface area contributed by atoms with Crippen molar-refractivity contribution < 1.29 is 17.9 Å². The van der Waals surface area contributed by atoms with Gasteiger partial charge in [0.1, 0.15) is 4.90 Å². The first-order valence-corrected chi connectivity index (χ1v) is 7.63. The van der Waals surface area contributed by atoms with Gasteiger partial charge in [0.05, 0.1) is 18.9 Å². The molecule has 1 rings (SSSR count). The van der Waals surface area contributed by atoms with Crippen molar-refractivity contribution in [2.45, 2.75) is 11.4 Å². The summed E-state index contributed by atoms with van der Waals surface area (Å²) in [4.78, 5) is 4.15. The van der Waals surface area contributed by atoms with E-state index in [0.717, 1.165) is 0 Å². The molecule has 0 radical (unpaired) electrons. The second-order valence-electron chi connectivity index (χ2n) is 4.08. The number of methoxy groups -OCH3 is 2. The molecule has 0 atom stereocenters. The molecule has 1 aromatic rings. The maximum atomic E-state index is 12.5. The highest BCUT2D eigenvalue weighted by molar-refractivity contribution is 7.89. The molecule has 1 heterocycles. The largest absolute Gasteiger partial charge is 0.383 e. The number of hydrogen-bond donors (Lipinski definition) is 1. The van der Waals surface area contributed by atoms with Gasteiger partial charge in [-0.3, -0.25) is 4.98 Å². The van der Waals surface area contributed by atoms with Gasteiger partial charge in [-0.25, -0.2) is 8.42 Å². The van der Waals surface area contributed by atoms with Gasteiger partial charge >= 0.3 is 0 Å². The third-order valence-corrected chi connectivity index (χ3v) is 4.62. The molecule has 0 fully saturated rings. The molecule has 0 saturated heterocycles. The molecule has 1 aromatic heterocycles. The number of rotatable bonds is 9. The Morgan fingerprint density at radius 2 is 1.80 bits per heavy atom. The number of ether oxygens (including phenoxy) is 2. The lowest BCUT2D eigenvalue weighted by Crippen LogP contribution is -2.36. The van der Waals surface area contributed by atoms with Crippen LogP contribution in [0.1, 0.15) is 5.69 Å². The zero-order chi connectivity index (χ0) is 15.0. The van der Waals surface area contributed by atoms with E-state index in [0.29, 0.717) is 18.9 Å². The van der Waals surface area contributed by atoms with Crippen LogP contribution in [0.15, 0.2) is 23.2 Å². The molecular formula is C12H21N3O4S. The molecule has 2 N–H and O–H groups in total. The standard InChI is InChI=1S/C12H21N3O4S/c1-18-7-5-15(6-8-19-2)20(16,17)12-4-3-11(9-13)14-10-12/h3-4,10H,5-9,13H2,1-2H3. The van der Waals surface area contributed by atoms with Crippen molar-refractivity contribution in [1.82, 2.24) is 9.29 Å². The number of pyridine rings is 1. The van der Waals surface area contributed by atoms with Crippen LogP contribution in [0.4, 0.5) is 0 Å². The lowest BCUT2D eigenvalue weighted by atomic mass is 10.4. The van der Waals surface area contributed by atoms with E-state index in [1.807, 2.05) is 0 Å². The zero-order valence-corrected chi connectivity index (χ0v) is 12.6. The Labute approximate surface area is 119 Å². The summed E-state index contributed by atoms with van der Waals surface area (Å²) >= 11 is 0. The van der Waals surface area contributed by atoms with E-state index in [9.17, 15) is 8.42 Å². The summed E-state index contributed by atoms with van der Waals surface area (Å²) in [6, 6.07) is 3.12. The molecule has 8 heteroatoms. The average molecular weight is 303 g/mol. The van der Waals surface area contributed by atoms with Crippen molar-refractivity contribution in [2.75, 3.05) is 40.5 Å². The minimum absolute atomic E-state index is 0.141. The molecule has 20 heavy (non-hydrogen) atoms. The summed E-state index contributed by atoms with van der Waals surface area (Å²) in [5.74, 6) is 0. The summed E-state index contributed by atoms with van der Waals surface area (Å²) in [6.07, 6.45) is 1.32. The third kappa shape index (κ3) is 4.50. The number of nitrogens with two attached hydrogens (primary N) is 1. The Morgan fingerprint density at radius 3 is 2.20 bits per heavy atom. The van der Waals surface area contributed by atoms with Crippen molar-refractivity contribution >= 4 is 10.0 Å². The molecule has 0 aliphatic heterocycles. The van der Waals surface area contributed by atoms with Gasteiger partial charge in [-0.15, -0.1) is 0 Å². The fourth-order valence-corrected chi connectivity index (χ4v) is 2.93. The molecule has 0 aliphatic carbocycles. The normalized spacial score (nSPS) is 12.0. The first-order chi connectivity index (χ1) is 9.56. The van der Waals surface area contributed by atoms with Crippen LogP contribution in [0, 0.1) is 0 Å². The highest BCUT2D eigenvalue weighted by Gasteiger charge is 2.24.